The predicted molar refractivity (Wildman–Crippen MR) is 99.5 cm³/mol. The van der Waals surface area contributed by atoms with Crippen molar-refractivity contribution in [3.8, 4) is 0 Å². The van der Waals surface area contributed by atoms with Crippen molar-refractivity contribution >= 4 is 53.9 Å². The fourth-order valence-electron chi connectivity index (χ4n) is 4.26. The van der Waals surface area contributed by atoms with Crippen LogP contribution < -0.4 is 0 Å². The highest BCUT2D eigenvalue weighted by Crippen LogP contribution is 2.43. The van der Waals surface area contributed by atoms with Gasteiger partial charge in [-0.3, -0.25) is 0 Å². The largest absolute Gasteiger partial charge is 0.366 e. The molecule has 6 rings (SSSR count). The zero-order valence-corrected chi connectivity index (χ0v) is 12.4. The third kappa shape index (κ3) is 1.29. The molecular formula is C22H13N. The summed E-state index contributed by atoms with van der Waals surface area (Å²) in [5.74, 6) is 0. The number of aromatic amines is 1. The highest BCUT2D eigenvalue weighted by molar-refractivity contribution is 6.37. The zero-order chi connectivity index (χ0) is 15.0. The van der Waals surface area contributed by atoms with E-state index < -0.39 is 0 Å². The summed E-state index contributed by atoms with van der Waals surface area (Å²) in [6.45, 7) is 0. The Morgan fingerprint density at radius 2 is 1.17 bits per heavy atom. The van der Waals surface area contributed by atoms with Gasteiger partial charge in [-0.2, -0.15) is 0 Å². The molecule has 0 atom stereocenters. The van der Waals surface area contributed by atoms with E-state index in [1.165, 1.54) is 53.9 Å². The van der Waals surface area contributed by atoms with Crippen molar-refractivity contribution in [2.45, 2.75) is 0 Å². The molecule has 0 saturated carbocycles. The molecule has 1 N–H and O–H groups in total. The second-order valence-corrected chi connectivity index (χ2v) is 6.32. The van der Waals surface area contributed by atoms with Crippen molar-refractivity contribution in [2.75, 3.05) is 0 Å². The number of nitrogens with one attached hydrogen (secondary N) is 1. The lowest BCUT2D eigenvalue weighted by Gasteiger charge is -2.15. The van der Waals surface area contributed by atoms with Gasteiger partial charge in [0, 0.05) is 28.6 Å². The number of rotatable bonds is 0. The molecule has 0 aliphatic heterocycles. The van der Waals surface area contributed by atoms with E-state index in [-0.39, 0.29) is 0 Å². The van der Waals surface area contributed by atoms with Crippen LogP contribution in [0.5, 0.6) is 0 Å². The summed E-state index contributed by atoms with van der Waals surface area (Å²) >= 11 is 0. The zero-order valence-electron chi connectivity index (χ0n) is 12.4. The minimum absolute atomic E-state index is 1.28. The Morgan fingerprint density at radius 3 is 2.00 bits per heavy atom. The summed E-state index contributed by atoms with van der Waals surface area (Å²) in [6.07, 6.45) is 4.23. The highest BCUT2D eigenvalue weighted by atomic mass is 14.6. The Labute approximate surface area is 132 Å². The molecule has 0 aliphatic carbocycles. The Morgan fingerprint density at radius 1 is 0.478 bits per heavy atom. The van der Waals surface area contributed by atoms with Crippen LogP contribution in [-0.2, 0) is 0 Å². The van der Waals surface area contributed by atoms with Gasteiger partial charge in [0.05, 0.1) is 0 Å². The number of hydrogen-bond donors (Lipinski definition) is 1. The van der Waals surface area contributed by atoms with Gasteiger partial charge in [0.15, 0.2) is 0 Å². The summed E-state index contributed by atoms with van der Waals surface area (Å²) < 4.78 is 0. The first-order valence-electron chi connectivity index (χ1n) is 7.96. The Balaban J connectivity index is 2.16. The Bertz CT molecular complexity index is 1350. The molecule has 1 heteroatoms. The van der Waals surface area contributed by atoms with Gasteiger partial charge in [-0.05, 0) is 43.8 Å². The normalized spacial score (nSPS) is 12.3. The van der Waals surface area contributed by atoms with E-state index >= 15 is 0 Å². The molecule has 0 saturated heterocycles. The van der Waals surface area contributed by atoms with Crippen LogP contribution in [0.25, 0.3) is 53.9 Å². The molecule has 1 nitrogen and oxygen atoms in total. The van der Waals surface area contributed by atoms with Crippen LogP contribution in [-0.4, -0.2) is 4.98 Å². The maximum atomic E-state index is 3.29. The minimum atomic E-state index is 1.28. The molecule has 1 aromatic heterocycles. The van der Waals surface area contributed by atoms with Gasteiger partial charge in [-0.1, -0.05) is 54.6 Å². The van der Waals surface area contributed by atoms with E-state index in [0.29, 0.717) is 0 Å². The van der Waals surface area contributed by atoms with E-state index in [0.717, 1.165) is 0 Å². The van der Waals surface area contributed by atoms with Crippen LogP contribution in [0.2, 0.25) is 0 Å². The Hall–Kier alpha value is -3.06. The van der Waals surface area contributed by atoms with Crippen molar-refractivity contribution in [1.82, 2.24) is 4.98 Å². The summed E-state index contributed by atoms with van der Waals surface area (Å²) in [6, 6.07) is 22.2. The molecule has 1 heterocycles. The second-order valence-electron chi connectivity index (χ2n) is 6.32. The number of benzene rings is 5. The molecular weight excluding hydrogens is 278 g/mol. The van der Waals surface area contributed by atoms with Gasteiger partial charge in [0.2, 0.25) is 0 Å². The van der Waals surface area contributed by atoms with Crippen molar-refractivity contribution in [2.24, 2.45) is 0 Å². The molecule has 106 valence electrons. The van der Waals surface area contributed by atoms with Gasteiger partial charge in [0.25, 0.3) is 0 Å². The minimum Gasteiger partial charge on any atom is -0.366 e. The number of fused-ring (bicyclic) bond motifs is 4. The average molecular weight is 291 g/mol. The maximum Gasteiger partial charge on any atom is 0.00908 e. The fraction of sp³-hybridized carbons (Fsp3) is 0. The Kier molecular flexibility index (Phi) is 1.91. The summed E-state index contributed by atoms with van der Waals surface area (Å²) in [7, 11) is 0. The fourth-order valence-corrected chi connectivity index (χ4v) is 4.26. The van der Waals surface area contributed by atoms with Gasteiger partial charge < -0.3 is 4.98 Å². The molecule has 6 aromatic rings. The van der Waals surface area contributed by atoms with E-state index in [4.69, 9.17) is 0 Å². The van der Waals surface area contributed by atoms with E-state index in [2.05, 4.69) is 78.0 Å². The first-order valence-corrected chi connectivity index (χ1v) is 7.96. The topological polar surface area (TPSA) is 15.8 Å². The molecule has 0 radical (unpaired) electrons. The van der Waals surface area contributed by atoms with Crippen LogP contribution in [0.3, 0.4) is 0 Å². The number of H-pyrrole nitrogens is 1. The van der Waals surface area contributed by atoms with Crippen LogP contribution in [0.15, 0.2) is 73.1 Å². The predicted octanol–water partition coefficient (Wildman–Crippen LogP) is 6.22. The van der Waals surface area contributed by atoms with Crippen LogP contribution in [0, 0.1) is 0 Å². The van der Waals surface area contributed by atoms with Gasteiger partial charge in [0.1, 0.15) is 0 Å². The van der Waals surface area contributed by atoms with E-state index in [9.17, 15) is 0 Å². The van der Waals surface area contributed by atoms with Crippen LogP contribution >= 0.6 is 0 Å². The quantitative estimate of drug-likeness (QED) is 0.252. The molecule has 0 amide bonds. The van der Waals surface area contributed by atoms with Crippen molar-refractivity contribution < 1.29 is 0 Å². The van der Waals surface area contributed by atoms with E-state index in [1.54, 1.807) is 0 Å². The van der Waals surface area contributed by atoms with E-state index in [1.807, 2.05) is 0 Å². The van der Waals surface area contributed by atoms with Crippen molar-refractivity contribution in [3.05, 3.63) is 73.1 Å². The molecule has 0 aliphatic rings. The van der Waals surface area contributed by atoms with Crippen molar-refractivity contribution in [1.29, 1.82) is 0 Å². The molecule has 23 heavy (non-hydrogen) atoms. The van der Waals surface area contributed by atoms with Gasteiger partial charge in [-0.15, -0.1) is 0 Å². The summed E-state index contributed by atoms with van der Waals surface area (Å²) in [5.41, 5.74) is 0. The lowest BCUT2D eigenvalue weighted by Crippen LogP contribution is -1.87. The van der Waals surface area contributed by atoms with Crippen molar-refractivity contribution in [3.63, 3.8) is 0 Å². The smallest absolute Gasteiger partial charge is 0.00908 e. The summed E-state index contributed by atoms with van der Waals surface area (Å²) in [4.78, 5) is 3.29. The average Bonchev–Trinajstić information content (AvgIpc) is 3.06. The lowest BCUT2D eigenvalue weighted by molar-refractivity contribution is 1.43. The standard InChI is InChI=1S/C22H13N/c1-4-13-5-2-9-18-20(13)16(7-1)17-8-3-6-14-10-15-11-23-12-19(15)22(18)21(14)17/h1-12,23H. The lowest BCUT2D eigenvalue weighted by atomic mass is 9.88. The van der Waals surface area contributed by atoms with Crippen LogP contribution in [0.4, 0.5) is 0 Å². The molecule has 0 bridgehead atoms. The third-order valence-electron chi connectivity index (χ3n) is 5.17. The number of hydrogen-bond acceptors (Lipinski definition) is 0. The highest BCUT2D eigenvalue weighted by Gasteiger charge is 2.14. The first kappa shape index (κ1) is 11.5. The molecule has 0 spiro atoms. The second kappa shape index (κ2) is 3.82. The SMILES string of the molecule is c1cc2cccc3c2c(c1)c1cccc2cc4c[nH]cc4c3c21. The molecule has 0 fully saturated rings. The monoisotopic (exact) mass is 291 g/mol. The van der Waals surface area contributed by atoms with Gasteiger partial charge >= 0.3 is 0 Å². The third-order valence-corrected chi connectivity index (χ3v) is 5.17. The molecule has 0 unspecified atom stereocenters. The van der Waals surface area contributed by atoms with Crippen LogP contribution in [0.1, 0.15) is 0 Å². The molecule has 5 aromatic carbocycles. The summed E-state index contributed by atoms with van der Waals surface area (Å²) in [5, 5.41) is 13.4. The van der Waals surface area contributed by atoms with Gasteiger partial charge in [-0.25, -0.2) is 0 Å². The number of aromatic nitrogens is 1. The first-order chi connectivity index (χ1) is 11.4. The maximum absolute atomic E-state index is 3.29.